The molecule has 20 heavy (non-hydrogen) atoms. The third-order valence-electron chi connectivity index (χ3n) is 3.29. The van der Waals surface area contributed by atoms with Gasteiger partial charge in [0.2, 0.25) is 0 Å². The van der Waals surface area contributed by atoms with Crippen molar-refractivity contribution in [3.63, 3.8) is 0 Å². The first kappa shape index (κ1) is 15.2. The molecule has 0 saturated heterocycles. The first-order chi connectivity index (χ1) is 9.60. The summed E-state index contributed by atoms with van der Waals surface area (Å²) in [6.45, 7) is 7.47. The highest BCUT2D eigenvalue weighted by molar-refractivity contribution is 9.10. The fourth-order valence-electron chi connectivity index (χ4n) is 2.07. The van der Waals surface area contributed by atoms with Gasteiger partial charge in [0.05, 0.1) is 34.7 Å². The van der Waals surface area contributed by atoms with Gasteiger partial charge in [-0.05, 0) is 35.7 Å². The normalized spacial score (nSPS) is 12.8. The zero-order valence-electron chi connectivity index (χ0n) is 12.0. The molecule has 0 amide bonds. The maximum Gasteiger partial charge on any atom is 0.111 e. The van der Waals surface area contributed by atoms with Crippen LogP contribution in [0, 0.1) is 0 Å². The van der Waals surface area contributed by atoms with Gasteiger partial charge in [0.1, 0.15) is 5.69 Å². The minimum Gasteiger partial charge on any atom is -0.387 e. The Labute approximate surface area is 126 Å². The molecule has 2 aromatic rings. The molecule has 0 radical (unpaired) electrons. The summed E-state index contributed by atoms with van der Waals surface area (Å²) in [7, 11) is 0. The van der Waals surface area contributed by atoms with Crippen molar-refractivity contribution in [2.45, 2.75) is 52.8 Å². The number of aliphatic hydroxyl groups is 1. The van der Waals surface area contributed by atoms with Crippen molar-refractivity contribution >= 4 is 15.9 Å². The summed E-state index contributed by atoms with van der Waals surface area (Å²) in [5.41, 5.74) is 2.74. The quantitative estimate of drug-likeness (QED) is 0.875. The second kappa shape index (κ2) is 6.49. The molecule has 0 fully saturated rings. The van der Waals surface area contributed by atoms with Crippen molar-refractivity contribution in [2.24, 2.45) is 0 Å². The minimum atomic E-state index is -0.547. The summed E-state index contributed by atoms with van der Waals surface area (Å²) in [5, 5.41) is 22.4. The summed E-state index contributed by atoms with van der Waals surface area (Å²) >= 11 is 3.62. The van der Waals surface area contributed by atoms with Gasteiger partial charge in [-0.25, -0.2) is 4.68 Å². The largest absolute Gasteiger partial charge is 0.387 e. The van der Waals surface area contributed by atoms with E-state index in [4.69, 9.17) is 0 Å². The highest BCUT2D eigenvalue weighted by atomic mass is 79.9. The standard InChI is InChI=1S/C13H20BrN5O/c1-4-9-13(14)11(19(6-3)16-9)8-18-7-10(15-17-18)12(20)5-2/h7,12,20H,4-6,8H2,1-3H3. The van der Waals surface area contributed by atoms with Crippen molar-refractivity contribution < 1.29 is 5.11 Å². The fourth-order valence-corrected chi connectivity index (χ4v) is 2.76. The lowest BCUT2D eigenvalue weighted by Gasteiger charge is -2.05. The monoisotopic (exact) mass is 341 g/mol. The molecule has 6 nitrogen and oxygen atoms in total. The highest BCUT2D eigenvalue weighted by Gasteiger charge is 2.16. The van der Waals surface area contributed by atoms with Crippen molar-refractivity contribution in [3.8, 4) is 0 Å². The van der Waals surface area contributed by atoms with E-state index in [0.717, 1.165) is 28.8 Å². The number of aryl methyl sites for hydroxylation is 2. The van der Waals surface area contributed by atoms with E-state index in [-0.39, 0.29) is 0 Å². The molecule has 7 heteroatoms. The minimum absolute atomic E-state index is 0.547. The molecule has 2 aromatic heterocycles. The van der Waals surface area contributed by atoms with Gasteiger partial charge >= 0.3 is 0 Å². The van der Waals surface area contributed by atoms with E-state index in [9.17, 15) is 5.11 Å². The van der Waals surface area contributed by atoms with Crippen LogP contribution in [0.4, 0.5) is 0 Å². The van der Waals surface area contributed by atoms with Gasteiger partial charge in [-0.15, -0.1) is 5.10 Å². The molecule has 1 N–H and O–H groups in total. The van der Waals surface area contributed by atoms with Gasteiger partial charge in [-0.1, -0.05) is 19.1 Å². The molecule has 2 rings (SSSR count). The summed E-state index contributed by atoms with van der Waals surface area (Å²) in [6.07, 6.45) is 2.76. The first-order valence-corrected chi connectivity index (χ1v) is 7.72. The Morgan fingerprint density at radius 1 is 1.35 bits per heavy atom. The van der Waals surface area contributed by atoms with Gasteiger partial charge in [-0.2, -0.15) is 5.10 Å². The molecule has 0 aromatic carbocycles. The Balaban J connectivity index is 2.25. The first-order valence-electron chi connectivity index (χ1n) is 6.92. The van der Waals surface area contributed by atoms with Gasteiger partial charge in [0.25, 0.3) is 0 Å². The van der Waals surface area contributed by atoms with E-state index in [2.05, 4.69) is 45.2 Å². The number of halogens is 1. The Morgan fingerprint density at radius 3 is 2.70 bits per heavy atom. The average molecular weight is 342 g/mol. The molecule has 0 bridgehead atoms. The predicted molar refractivity (Wildman–Crippen MR) is 79.4 cm³/mol. The van der Waals surface area contributed by atoms with E-state index in [1.54, 1.807) is 10.9 Å². The van der Waals surface area contributed by atoms with Crippen molar-refractivity contribution in [1.82, 2.24) is 24.8 Å². The van der Waals surface area contributed by atoms with Crippen molar-refractivity contribution in [1.29, 1.82) is 0 Å². The van der Waals surface area contributed by atoms with E-state index in [1.165, 1.54) is 0 Å². The van der Waals surface area contributed by atoms with Gasteiger partial charge in [0, 0.05) is 6.54 Å². The summed E-state index contributed by atoms with van der Waals surface area (Å²) < 4.78 is 4.75. The summed E-state index contributed by atoms with van der Waals surface area (Å²) in [4.78, 5) is 0. The van der Waals surface area contributed by atoms with E-state index < -0.39 is 6.10 Å². The molecule has 110 valence electrons. The van der Waals surface area contributed by atoms with E-state index in [0.29, 0.717) is 18.7 Å². The van der Waals surface area contributed by atoms with Crippen LogP contribution >= 0.6 is 15.9 Å². The van der Waals surface area contributed by atoms with Crippen LogP contribution in [0.5, 0.6) is 0 Å². The lowest BCUT2D eigenvalue weighted by Crippen LogP contribution is -2.09. The van der Waals surface area contributed by atoms with Gasteiger partial charge < -0.3 is 5.11 Å². The zero-order valence-corrected chi connectivity index (χ0v) is 13.6. The summed E-state index contributed by atoms with van der Waals surface area (Å²) in [6, 6.07) is 0. The third kappa shape index (κ3) is 2.93. The maximum atomic E-state index is 9.76. The maximum absolute atomic E-state index is 9.76. The van der Waals surface area contributed by atoms with Crippen LogP contribution in [0.1, 0.15) is 50.4 Å². The van der Waals surface area contributed by atoms with E-state index in [1.807, 2.05) is 11.6 Å². The number of hydrogen-bond acceptors (Lipinski definition) is 4. The average Bonchev–Trinajstić information content (AvgIpc) is 3.04. The Bertz CT molecular complexity index is 577. The number of rotatable bonds is 6. The molecule has 1 atom stereocenters. The van der Waals surface area contributed by atoms with Crippen LogP contribution in [0.15, 0.2) is 10.7 Å². The molecular weight excluding hydrogens is 322 g/mol. The molecule has 0 aliphatic rings. The predicted octanol–water partition coefficient (Wildman–Crippen LogP) is 2.31. The van der Waals surface area contributed by atoms with Crippen molar-refractivity contribution in [3.05, 3.63) is 27.8 Å². The third-order valence-corrected chi connectivity index (χ3v) is 4.21. The lowest BCUT2D eigenvalue weighted by molar-refractivity contribution is 0.168. The molecule has 0 aliphatic carbocycles. The summed E-state index contributed by atoms with van der Waals surface area (Å²) in [5.74, 6) is 0. The molecule has 0 saturated carbocycles. The van der Waals surface area contributed by atoms with Crippen molar-refractivity contribution in [2.75, 3.05) is 0 Å². The van der Waals surface area contributed by atoms with Crippen LogP contribution in [0.2, 0.25) is 0 Å². The second-order valence-electron chi connectivity index (χ2n) is 4.64. The number of aliphatic hydroxyl groups excluding tert-OH is 1. The van der Waals surface area contributed by atoms with Gasteiger partial charge in [-0.3, -0.25) is 4.68 Å². The lowest BCUT2D eigenvalue weighted by atomic mass is 10.2. The smallest absolute Gasteiger partial charge is 0.111 e. The number of hydrogen-bond donors (Lipinski definition) is 1. The van der Waals surface area contributed by atoms with Crippen LogP contribution < -0.4 is 0 Å². The topological polar surface area (TPSA) is 68.8 Å². The number of nitrogens with zero attached hydrogens (tertiary/aromatic N) is 5. The van der Waals surface area contributed by atoms with E-state index >= 15 is 0 Å². The van der Waals surface area contributed by atoms with Crippen LogP contribution in [-0.4, -0.2) is 29.9 Å². The molecule has 2 heterocycles. The molecule has 0 aliphatic heterocycles. The van der Waals surface area contributed by atoms with Crippen LogP contribution in [-0.2, 0) is 19.5 Å². The molecule has 1 unspecified atom stereocenters. The Kier molecular flexibility index (Phi) is 4.93. The van der Waals surface area contributed by atoms with Crippen LogP contribution in [0.25, 0.3) is 0 Å². The SMILES string of the molecule is CCc1nn(CC)c(Cn2cc(C(O)CC)nn2)c1Br. The molecule has 0 spiro atoms. The Morgan fingerprint density at radius 2 is 2.10 bits per heavy atom. The fraction of sp³-hybridized carbons (Fsp3) is 0.615. The zero-order chi connectivity index (χ0) is 14.7. The van der Waals surface area contributed by atoms with Crippen LogP contribution in [0.3, 0.4) is 0 Å². The number of aromatic nitrogens is 5. The molecular formula is C13H20BrN5O. The highest BCUT2D eigenvalue weighted by Crippen LogP contribution is 2.23. The second-order valence-corrected chi connectivity index (χ2v) is 5.43. The van der Waals surface area contributed by atoms with Gasteiger partial charge in [0.15, 0.2) is 0 Å². The Hall–Kier alpha value is -1.21.